The van der Waals surface area contributed by atoms with Crippen LogP contribution in [0.2, 0.25) is 0 Å². The highest BCUT2D eigenvalue weighted by Gasteiger charge is 2.19. The normalized spacial score (nSPS) is 11.8. The quantitative estimate of drug-likeness (QED) is 0.752. The molecule has 0 unspecified atom stereocenters. The van der Waals surface area contributed by atoms with E-state index in [0.717, 1.165) is 5.56 Å². The molecule has 1 aromatic carbocycles. The average Bonchev–Trinajstić information content (AvgIpc) is 3.01. The molecule has 0 fully saturated rings. The fourth-order valence-corrected chi connectivity index (χ4v) is 3.27. The molecule has 9 heteroatoms. The van der Waals surface area contributed by atoms with Crippen molar-refractivity contribution in [2.75, 3.05) is 5.73 Å². The Morgan fingerprint density at radius 1 is 1.12 bits per heavy atom. The van der Waals surface area contributed by atoms with Gasteiger partial charge in [0.2, 0.25) is 0 Å². The van der Waals surface area contributed by atoms with E-state index in [1.165, 1.54) is 0 Å². The van der Waals surface area contributed by atoms with E-state index in [9.17, 15) is 8.42 Å². The standard InChI is InChI=1S/C16H17N5O3S/c1-9(2)25(22,23)12-6-4-11(5-7-12)13-8-18-10(3)14(19-13)15-20-21-16(17)24-15/h4-9H,1-3H3,(H2,17,21). The second-order valence-corrected chi connectivity index (χ2v) is 8.26. The molecule has 130 valence electrons. The van der Waals surface area contributed by atoms with Crippen molar-refractivity contribution in [3.63, 3.8) is 0 Å². The Labute approximate surface area is 145 Å². The number of anilines is 1. The minimum atomic E-state index is -3.31. The number of rotatable bonds is 4. The zero-order valence-electron chi connectivity index (χ0n) is 14.0. The number of hydrogen-bond acceptors (Lipinski definition) is 8. The lowest BCUT2D eigenvalue weighted by Gasteiger charge is -2.09. The van der Waals surface area contributed by atoms with Crippen LogP contribution in [0.4, 0.5) is 6.01 Å². The van der Waals surface area contributed by atoms with Crippen LogP contribution in [0.1, 0.15) is 19.5 Å². The molecule has 2 aromatic heterocycles. The smallest absolute Gasteiger partial charge is 0.313 e. The van der Waals surface area contributed by atoms with E-state index in [4.69, 9.17) is 10.2 Å². The third kappa shape index (κ3) is 3.22. The molecule has 0 aliphatic carbocycles. The highest BCUT2D eigenvalue weighted by molar-refractivity contribution is 7.92. The zero-order valence-corrected chi connectivity index (χ0v) is 14.8. The van der Waals surface area contributed by atoms with Gasteiger partial charge in [-0.2, -0.15) is 0 Å². The Hall–Kier alpha value is -2.81. The summed E-state index contributed by atoms with van der Waals surface area (Å²) in [6.07, 6.45) is 1.60. The minimum absolute atomic E-state index is 0.0511. The molecule has 3 aromatic rings. The lowest BCUT2D eigenvalue weighted by Crippen LogP contribution is -2.13. The van der Waals surface area contributed by atoms with Crippen LogP contribution >= 0.6 is 0 Å². The number of hydrogen-bond donors (Lipinski definition) is 1. The first-order valence-corrected chi connectivity index (χ1v) is 9.11. The Kier molecular flexibility index (Phi) is 4.25. The van der Waals surface area contributed by atoms with Crippen LogP contribution < -0.4 is 5.73 Å². The van der Waals surface area contributed by atoms with Crippen LogP contribution in [0.15, 0.2) is 39.8 Å². The van der Waals surface area contributed by atoms with Gasteiger partial charge in [-0.25, -0.2) is 13.4 Å². The average molecular weight is 359 g/mol. The minimum Gasteiger partial charge on any atom is -0.402 e. The summed E-state index contributed by atoms with van der Waals surface area (Å²) in [5, 5.41) is 6.96. The molecule has 0 bridgehead atoms. The molecule has 0 atom stereocenters. The summed E-state index contributed by atoms with van der Waals surface area (Å²) in [7, 11) is -3.31. The zero-order chi connectivity index (χ0) is 18.2. The van der Waals surface area contributed by atoms with Crippen molar-refractivity contribution in [2.24, 2.45) is 0 Å². The van der Waals surface area contributed by atoms with Crippen LogP contribution in [0.25, 0.3) is 22.8 Å². The first-order valence-electron chi connectivity index (χ1n) is 7.56. The molecule has 0 radical (unpaired) electrons. The van der Waals surface area contributed by atoms with Crippen molar-refractivity contribution in [1.29, 1.82) is 0 Å². The van der Waals surface area contributed by atoms with Crippen LogP contribution in [0, 0.1) is 6.92 Å². The number of aryl methyl sites for hydroxylation is 1. The van der Waals surface area contributed by atoms with Crippen molar-refractivity contribution in [2.45, 2.75) is 30.9 Å². The lowest BCUT2D eigenvalue weighted by molar-refractivity contribution is 0.586. The highest BCUT2D eigenvalue weighted by Crippen LogP contribution is 2.25. The van der Waals surface area contributed by atoms with Crippen molar-refractivity contribution >= 4 is 15.9 Å². The van der Waals surface area contributed by atoms with Crippen molar-refractivity contribution < 1.29 is 12.8 Å². The van der Waals surface area contributed by atoms with Crippen molar-refractivity contribution in [3.8, 4) is 22.8 Å². The predicted octanol–water partition coefficient (Wildman–Crippen LogP) is 2.27. The van der Waals surface area contributed by atoms with Gasteiger partial charge in [-0.15, -0.1) is 5.10 Å². The van der Waals surface area contributed by atoms with E-state index >= 15 is 0 Å². The number of benzene rings is 1. The van der Waals surface area contributed by atoms with Gasteiger partial charge in [0.05, 0.1) is 27.7 Å². The van der Waals surface area contributed by atoms with Gasteiger partial charge in [-0.1, -0.05) is 17.2 Å². The van der Waals surface area contributed by atoms with E-state index in [1.807, 2.05) is 0 Å². The molecule has 0 aliphatic heterocycles. The van der Waals surface area contributed by atoms with Crippen LogP contribution in [0.3, 0.4) is 0 Å². The van der Waals surface area contributed by atoms with E-state index in [-0.39, 0.29) is 16.8 Å². The summed E-state index contributed by atoms with van der Waals surface area (Å²) in [4.78, 5) is 9.05. The number of nitrogen functional groups attached to an aromatic ring is 1. The number of aromatic nitrogens is 4. The monoisotopic (exact) mass is 359 g/mol. The van der Waals surface area contributed by atoms with Gasteiger partial charge in [0, 0.05) is 5.56 Å². The van der Waals surface area contributed by atoms with Gasteiger partial charge < -0.3 is 10.2 Å². The second-order valence-electron chi connectivity index (χ2n) is 5.75. The largest absolute Gasteiger partial charge is 0.402 e. The summed E-state index contributed by atoms with van der Waals surface area (Å²) in [5.74, 6) is 0.184. The fourth-order valence-electron chi connectivity index (χ4n) is 2.21. The van der Waals surface area contributed by atoms with Crippen molar-refractivity contribution in [3.05, 3.63) is 36.2 Å². The Balaban J connectivity index is 2.00. The summed E-state index contributed by atoms with van der Waals surface area (Å²) in [5.41, 5.74) is 7.79. The Morgan fingerprint density at radius 2 is 1.80 bits per heavy atom. The molecule has 0 aliphatic rings. The lowest BCUT2D eigenvalue weighted by atomic mass is 10.1. The molecule has 2 heterocycles. The third-order valence-electron chi connectivity index (χ3n) is 3.70. The molecular formula is C16H17N5O3S. The highest BCUT2D eigenvalue weighted by atomic mass is 32.2. The van der Waals surface area contributed by atoms with E-state index in [1.54, 1.807) is 51.2 Å². The number of nitrogens with zero attached hydrogens (tertiary/aromatic N) is 4. The molecule has 25 heavy (non-hydrogen) atoms. The van der Waals surface area contributed by atoms with E-state index < -0.39 is 15.1 Å². The molecule has 8 nitrogen and oxygen atoms in total. The molecule has 3 rings (SSSR count). The van der Waals surface area contributed by atoms with Crippen LogP contribution in [0.5, 0.6) is 0 Å². The molecule has 0 saturated carbocycles. The summed E-state index contributed by atoms with van der Waals surface area (Å²) in [6.45, 7) is 5.07. The summed E-state index contributed by atoms with van der Waals surface area (Å²) in [6, 6.07) is 6.47. The number of nitrogens with two attached hydrogens (primary N) is 1. The number of sulfone groups is 1. The maximum absolute atomic E-state index is 12.2. The van der Waals surface area contributed by atoms with Crippen LogP contribution in [-0.4, -0.2) is 33.8 Å². The van der Waals surface area contributed by atoms with Crippen molar-refractivity contribution in [1.82, 2.24) is 20.2 Å². The summed E-state index contributed by atoms with van der Waals surface area (Å²) >= 11 is 0. The SMILES string of the molecule is Cc1ncc(-c2ccc(S(=O)(=O)C(C)C)cc2)nc1-c1nnc(N)o1. The predicted molar refractivity (Wildman–Crippen MR) is 92.2 cm³/mol. The topological polar surface area (TPSA) is 125 Å². The Bertz CT molecular complexity index is 1010. The van der Waals surface area contributed by atoms with Gasteiger partial charge in [0.25, 0.3) is 5.89 Å². The maximum atomic E-state index is 12.2. The first kappa shape index (κ1) is 17.0. The van der Waals surface area contributed by atoms with Gasteiger partial charge in [0.15, 0.2) is 9.84 Å². The molecular weight excluding hydrogens is 342 g/mol. The third-order valence-corrected chi connectivity index (χ3v) is 5.87. The van der Waals surface area contributed by atoms with Gasteiger partial charge in [-0.3, -0.25) is 4.98 Å². The molecule has 0 saturated heterocycles. The molecule has 0 amide bonds. The van der Waals surface area contributed by atoms with Gasteiger partial charge >= 0.3 is 6.01 Å². The maximum Gasteiger partial charge on any atom is 0.313 e. The fraction of sp³-hybridized carbons (Fsp3) is 0.250. The van der Waals surface area contributed by atoms with E-state index in [2.05, 4.69) is 20.2 Å². The van der Waals surface area contributed by atoms with E-state index in [0.29, 0.717) is 17.1 Å². The first-order chi connectivity index (χ1) is 11.8. The van der Waals surface area contributed by atoms with Gasteiger partial charge in [-0.05, 0) is 32.9 Å². The summed E-state index contributed by atoms with van der Waals surface area (Å²) < 4.78 is 29.6. The molecule has 2 N–H and O–H groups in total. The second kappa shape index (κ2) is 6.25. The Morgan fingerprint density at radius 3 is 2.36 bits per heavy atom. The van der Waals surface area contributed by atoms with Gasteiger partial charge in [0.1, 0.15) is 5.69 Å². The molecule has 0 spiro atoms. The van der Waals surface area contributed by atoms with Crippen LogP contribution in [-0.2, 0) is 9.84 Å².